The molecule has 2 aromatic carbocycles. The number of nitrogens with one attached hydrogen (secondary N) is 1. The number of hydrogen-bond acceptors (Lipinski definition) is 5. The van der Waals surface area contributed by atoms with Crippen LogP contribution in [0.2, 0.25) is 0 Å². The second kappa shape index (κ2) is 9.19. The van der Waals surface area contributed by atoms with Gasteiger partial charge in [0.2, 0.25) is 0 Å². The second-order valence-electron chi connectivity index (χ2n) is 6.00. The molecule has 150 valence electrons. The van der Waals surface area contributed by atoms with Crippen molar-refractivity contribution in [1.82, 2.24) is 5.32 Å². The van der Waals surface area contributed by atoms with Gasteiger partial charge in [-0.3, -0.25) is 19.8 Å². The Bertz CT molecular complexity index is 989. The van der Waals surface area contributed by atoms with Gasteiger partial charge in [-0.15, -0.1) is 0 Å². The van der Waals surface area contributed by atoms with Crippen LogP contribution in [0.3, 0.4) is 0 Å². The van der Waals surface area contributed by atoms with Crippen LogP contribution in [0.15, 0.2) is 52.5 Å². The Labute approximate surface area is 182 Å². The van der Waals surface area contributed by atoms with E-state index in [1.807, 2.05) is 13.8 Å². The Balaban J connectivity index is 2.01. The van der Waals surface area contributed by atoms with Gasteiger partial charge in [-0.25, -0.2) is 0 Å². The molecule has 0 saturated carbocycles. The molecule has 1 heterocycles. The van der Waals surface area contributed by atoms with E-state index in [4.69, 9.17) is 21.7 Å². The molecular weight excluding hydrogens is 456 g/mol. The third-order valence-electron chi connectivity index (χ3n) is 4.08. The van der Waals surface area contributed by atoms with Gasteiger partial charge in [0.1, 0.15) is 17.1 Å². The molecule has 0 aromatic heterocycles. The topological polar surface area (TPSA) is 67.9 Å². The van der Waals surface area contributed by atoms with Crippen LogP contribution >= 0.6 is 28.1 Å². The molecule has 2 aromatic rings. The molecule has 1 N–H and O–H groups in total. The molecule has 1 aliphatic heterocycles. The molecule has 3 rings (SSSR count). The van der Waals surface area contributed by atoms with Crippen LogP contribution in [0.25, 0.3) is 6.08 Å². The van der Waals surface area contributed by atoms with Crippen LogP contribution in [-0.4, -0.2) is 30.1 Å². The number of anilines is 1. The number of carbonyl (C=O) groups excluding carboxylic acids is 2. The number of ether oxygens (including phenoxy) is 2. The number of carbonyl (C=O) groups is 2. The first kappa shape index (κ1) is 21.0. The molecule has 8 heteroatoms. The monoisotopic (exact) mass is 474 g/mol. The van der Waals surface area contributed by atoms with Crippen LogP contribution in [0, 0.1) is 0 Å². The predicted molar refractivity (Wildman–Crippen MR) is 119 cm³/mol. The summed E-state index contributed by atoms with van der Waals surface area (Å²) in [5.41, 5.74) is 1.12. The van der Waals surface area contributed by atoms with Gasteiger partial charge in [-0.2, -0.15) is 0 Å². The SMILES string of the molecule is CCOc1ccc(C=C2C(=O)NC(=S)N(c3ccc(Br)cc3)C2=O)c(OCC)c1. The summed E-state index contributed by atoms with van der Waals surface area (Å²) in [6.07, 6.45) is 1.51. The Morgan fingerprint density at radius 1 is 1.07 bits per heavy atom. The molecule has 0 aliphatic carbocycles. The summed E-state index contributed by atoms with van der Waals surface area (Å²) in [6, 6.07) is 12.3. The van der Waals surface area contributed by atoms with Crippen molar-refractivity contribution in [1.29, 1.82) is 0 Å². The molecular formula is C21H19BrN2O4S. The number of halogens is 1. The molecule has 0 spiro atoms. The van der Waals surface area contributed by atoms with E-state index in [0.717, 1.165) is 4.47 Å². The molecule has 0 atom stereocenters. The maximum atomic E-state index is 13.1. The normalized spacial score (nSPS) is 15.5. The number of rotatable bonds is 6. The molecule has 0 bridgehead atoms. The number of nitrogens with zero attached hydrogens (tertiary/aromatic N) is 1. The molecule has 1 saturated heterocycles. The lowest BCUT2D eigenvalue weighted by molar-refractivity contribution is -0.122. The summed E-state index contributed by atoms with van der Waals surface area (Å²) in [5.74, 6) is 0.118. The highest BCUT2D eigenvalue weighted by Crippen LogP contribution is 2.29. The molecule has 1 aliphatic rings. The van der Waals surface area contributed by atoms with E-state index >= 15 is 0 Å². The molecule has 0 unspecified atom stereocenters. The Morgan fingerprint density at radius 2 is 1.76 bits per heavy atom. The van der Waals surface area contributed by atoms with Crippen LogP contribution in [-0.2, 0) is 9.59 Å². The van der Waals surface area contributed by atoms with Crippen LogP contribution in [0.4, 0.5) is 5.69 Å². The van der Waals surface area contributed by atoms with Crippen molar-refractivity contribution >= 4 is 56.8 Å². The number of amides is 2. The average molecular weight is 475 g/mol. The lowest BCUT2D eigenvalue weighted by Crippen LogP contribution is -2.54. The van der Waals surface area contributed by atoms with Crippen LogP contribution in [0.5, 0.6) is 11.5 Å². The molecule has 29 heavy (non-hydrogen) atoms. The van der Waals surface area contributed by atoms with Gasteiger partial charge in [0.05, 0.1) is 18.9 Å². The van der Waals surface area contributed by atoms with Crippen molar-refractivity contribution in [3.05, 3.63) is 58.1 Å². The largest absolute Gasteiger partial charge is 0.494 e. The predicted octanol–water partition coefficient (Wildman–Crippen LogP) is 4.08. The molecule has 6 nitrogen and oxygen atoms in total. The highest BCUT2D eigenvalue weighted by atomic mass is 79.9. The Kier molecular flexibility index (Phi) is 6.66. The van der Waals surface area contributed by atoms with Crippen molar-refractivity contribution in [2.75, 3.05) is 18.1 Å². The fourth-order valence-electron chi connectivity index (χ4n) is 2.81. The van der Waals surface area contributed by atoms with Gasteiger partial charge >= 0.3 is 0 Å². The van der Waals surface area contributed by atoms with E-state index in [0.29, 0.717) is 36.0 Å². The van der Waals surface area contributed by atoms with Crippen LogP contribution < -0.4 is 19.7 Å². The molecule has 1 fully saturated rings. The lowest BCUT2D eigenvalue weighted by atomic mass is 10.1. The zero-order valence-corrected chi connectivity index (χ0v) is 18.3. The summed E-state index contributed by atoms with van der Waals surface area (Å²) < 4.78 is 12.0. The highest BCUT2D eigenvalue weighted by molar-refractivity contribution is 9.10. The summed E-state index contributed by atoms with van der Waals surface area (Å²) in [5, 5.41) is 2.62. The van der Waals surface area contributed by atoms with E-state index in [-0.39, 0.29) is 10.7 Å². The van der Waals surface area contributed by atoms with E-state index < -0.39 is 11.8 Å². The van der Waals surface area contributed by atoms with Gasteiger partial charge < -0.3 is 9.47 Å². The summed E-state index contributed by atoms with van der Waals surface area (Å²) >= 11 is 8.58. The zero-order valence-electron chi connectivity index (χ0n) is 15.9. The third-order valence-corrected chi connectivity index (χ3v) is 4.90. The van der Waals surface area contributed by atoms with Gasteiger partial charge in [-0.05, 0) is 68.5 Å². The van der Waals surface area contributed by atoms with E-state index in [2.05, 4.69) is 21.2 Å². The number of benzene rings is 2. The van der Waals surface area contributed by atoms with Crippen molar-refractivity contribution in [3.8, 4) is 11.5 Å². The molecule has 0 radical (unpaired) electrons. The van der Waals surface area contributed by atoms with Gasteiger partial charge in [0.25, 0.3) is 11.8 Å². The second-order valence-corrected chi connectivity index (χ2v) is 7.30. The first-order valence-electron chi connectivity index (χ1n) is 9.01. The van der Waals surface area contributed by atoms with Crippen molar-refractivity contribution < 1.29 is 19.1 Å². The maximum Gasteiger partial charge on any atom is 0.270 e. The quantitative estimate of drug-likeness (QED) is 0.388. The first-order chi connectivity index (χ1) is 13.9. The van der Waals surface area contributed by atoms with Crippen LogP contribution in [0.1, 0.15) is 19.4 Å². The van der Waals surface area contributed by atoms with Gasteiger partial charge in [0, 0.05) is 16.1 Å². The maximum absolute atomic E-state index is 13.1. The van der Waals surface area contributed by atoms with Crippen molar-refractivity contribution in [2.45, 2.75) is 13.8 Å². The molecule has 2 amide bonds. The first-order valence-corrected chi connectivity index (χ1v) is 10.2. The summed E-state index contributed by atoms with van der Waals surface area (Å²) in [7, 11) is 0. The fraction of sp³-hybridized carbons (Fsp3) is 0.190. The Hall–Kier alpha value is -2.71. The van der Waals surface area contributed by atoms with E-state index in [1.54, 1.807) is 42.5 Å². The minimum atomic E-state index is -0.551. The van der Waals surface area contributed by atoms with E-state index in [1.165, 1.54) is 11.0 Å². The van der Waals surface area contributed by atoms with Gasteiger partial charge in [0.15, 0.2) is 5.11 Å². The van der Waals surface area contributed by atoms with Crippen molar-refractivity contribution in [3.63, 3.8) is 0 Å². The van der Waals surface area contributed by atoms with E-state index in [9.17, 15) is 9.59 Å². The zero-order chi connectivity index (χ0) is 21.0. The van der Waals surface area contributed by atoms with Gasteiger partial charge in [-0.1, -0.05) is 15.9 Å². The standard InChI is InChI=1S/C21H19BrN2O4S/c1-3-27-16-10-5-13(18(12-16)28-4-2)11-17-19(25)23-21(29)24(20(17)26)15-8-6-14(22)7-9-15/h5-12H,3-4H2,1-2H3,(H,23,25,29). The average Bonchev–Trinajstić information content (AvgIpc) is 2.68. The summed E-state index contributed by atoms with van der Waals surface area (Å²) in [4.78, 5) is 26.9. The highest BCUT2D eigenvalue weighted by Gasteiger charge is 2.34. The third kappa shape index (κ3) is 4.65. The Morgan fingerprint density at radius 3 is 2.41 bits per heavy atom. The minimum absolute atomic E-state index is 0.0355. The minimum Gasteiger partial charge on any atom is -0.494 e. The number of hydrogen-bond donors (Lipinski definition) is 1. The smallest absolute Gasteiger partial charge is 0.270 e. The van der Waals surface area contributed by atoms with Crippen molar-refractivity contribution in [2.24, 2.45) is 0 Å². The fourth-order valence-corrected chi connectivity index (χ4v) is 3.35. The number of thiocarbonyl (C=S) groups is 1. The summed E-state index contributed by atoms with van der Waals surface area (Å²) in [6.45, 7) is 4.70. The lowest BCUT2D eigenvalue weighted by Gasteiger charge is -2.29.